The SMILES string of the molecule is CC(=O)n1cc(/C=C2\N=C(C)OC2=O)c2cc(Cl)cnc21. The molecule has 6 nitrogen and oxygen atoms in total. The number of fused-ring (bicyclic) bond motifs is 1. The Bertz CT molecular complexity index is 849. The van der Waals surface area contributed by atoms with Crippen molar-refractivity contribution in [3.63, 3.8) is 0 Å². The summed E-state index contributed by atoms with van der Waals surface area (Å²) in [6.45, 7) is 3.02. The maximum atomic E-state index is 11.7. The fraction of sp³-hybridized carbons (Fsp3) is 0.143. The van der Waals surface area contributed by atoms with Gasteiger partial charge in [0.05, 0.1) is 5.02 Å². The van der Waals surface area contributed by atoms with Gasteiger partial charge in [-0.1, -0.05) is 11.6 Å². The first kappa shape index (κ1) is 13.5. The summed E-state index contributed by atoms with van der Waals surface area (Å²) in [5.74, 6) is -0.419. The number of hydrogen-bond acceptors (Lipinski definition) is 5. The molecule has 0 spiro atoms. The van der Waals surface area contributed by atoms with Crippen LogP contribution in [-0.4, -0.2) is 27.3 Å². The number of cyclic esters (lactones) is 1. The monoisotopic (exact) mass is 303 g/mol. The first-order valence-electron chi connectivity index (χ1n) is 6.12. The molecule has 21 heavy (non-hydrogen) atoms. The fourth-order valence-corrected chi connectivity index (χ4v) is 2.28. The van der Waals surface area contributed by atoms with E-state index in [1.165, 1.54) is 17.7 Å². The number of esters is 1. The van der Waals surface area contributed by atoms with Crippen LogP contribution in [0.1, 0.15) is 24.2 Å². The van der Waals surface area contributed by atoms with Gasteiger partial charge in [-0.05, 0) is 12.1 Å². The summed E-state index contributed by atoms with van der Waals surface area (Å²) in [5.41, 5.74) is 1.28. The van der Waals surface area contributed by atoms with Crippen LogP contribution in [0, 0.1) is 0 Å². The Hall–Kier alpha value is -2.47. The first-order valence-corrected chi connectivity index (χ1v) is 6.50. The molecule has 106 valence electrons. The molecule has 2 aromatic rings. The number of aromatic nitrogens is 2. The van der Waals surface area contributed by atoms with Crippen molar-refractivity contribution in [2.75, 3.05) is 0 Å². The fourth-order valence-electron chi connectivity index (χ4n) is 2.12. The van der Waals surface area contributed by atoms with Gasteiger partial charge in [-0.25, -0.2) is 14.8 Å². The van der Waals surface area contributed by atoms with E-state index in [0.717, 1.165) is 0 Å². The topological polar surface area (TPSA) is 73.6 Å². The molecule has 0 atom stereocenters. The van der Waals surface area contributed by atoms with Crippen molar-refractivity contribution in [1.29, 1.82) is 0 Å². The minimum atomic E-state index is -0.522. The number of rotatable bonds is 1. The second-order valence-corrected chi connectivity index (χ2v) is 4.98. The summed E-state index contributed by atoms with van der Waals surface area (Å²) in [5, 5.41) is 1.11. The third kappa shape index (κ3) is 2.34. The van der Waals surface area contributed by atoms with E-state index in [1.807, 2.05) is 0 Å². The standard InChI is InChI=1S/C14H10ClN3O3/c1-7-17-12(14(20)21-7)3-9-6-18(8(2)19)13-11(9)4-10(15)5-16-13/h3-6H,1-2H3/b12-3-. The zero-order chi connectivity index (χ0) is 15.1. The molecule has 1 aliphatic heterocycles. The number of halogens is 1. The van der Waals surface area contributed by atoms with E-state index in [0.29, 0.717) is 21.6 Å². The lowest BCUT2D eigenvalue weighted by Gasteiger charge is -1.97. The van der Waals surface area contributed by atoms with Gasteiger partial charge >= 0.3 is 5.97 Å². The number of nitrogens with zero attached hydrogens (tertiary/aromatic N) is 3. The second kappa shape index (κ2) is 4.82. The Morgan fingerprint density at radius 2 is 2.24 bits per heavy atom. The van der Waals surface area contributed by atoms with Gasteiger partial charge in [-0.15, -0.1) is 0 Å². The van der Waals surface area contributed by atoms with Gasteiger partial charge in [0.1, 0.15) is 5.65 Å². The molecule has 0 saturated heterocycles. The van der Waals surface area contributed by atoms with Gasteiger partial charge in [0.25, 0.3) is 0 Å². The Morgan fingerprint density at radius 1 is 1.48 bits per heavy atom. The van der Waals surface area contributed by atoms with Gasteiger partial charge < -0.3 is 4.74 Å². The number of hydrogen-bond donors (Lipinski definition) is 0. The van der Waals surface area contributed by atoms with Crippen molar-refractivity contribution >= 4 is 46.5 Å². The average Bonchev–Trinajstić information content (AvgIpc) is 2.91. The van der Waals surface area contributed by atoms with E-state index >= 15 is 0 Å². The summed E-state index contributed by atoms with van der Waals surface area (Å²) in [6.07, 6.45) is 4.62. The lowest BCUT2D eigenvalue weighted by molar-refractivity contribution is -0.130. The molecule has 0 bridgehead atoms. The highest BCUT2D eigenvalue weighted by atomic mass is 35.5. The highest BCUT2D eigenvalue weighted by Gasteiger charge is 2.21. The number of ether oxygens (including phenoxy) is 1. The van der Waals surface area contributed by atoms with Gasteiger partial charge in [-0.3, -0.25) is 9.36 Å². The van der Waals surface area contributed by atoms with Crippen molar-refractivity contribution in [2.24, 2.45) is 4.99 Å². The Kier molecular flexibility index (Phi) is 3.10. The molecule has 3 heterocycles. The van der Waals surface area contributed by atoms with E-state index in [-0.39, 0.29) is 17.5 Å². The maximum absolute atomic E-state index is 11.7. The third-order valence-electron chi connectivity index (χ3n) is 3.00. The number of carbonyl (C=O) groups excluding carboxylic acids is 2. The Morgan fingerprint density at radius 3 is 2.86 bits per heavy atom. The molecular formula is C14H10ClN3O3. The molecule has 0 N–H and O–H groups in total. The summed E-state index contributed by atoms with van der Waals surface area (Å²) in [4.78, 5) is 31.4. The molecule has 0 aromatic carbocycles. The lowest BCUT2D eigenvalue weighted by atomic mass is 10.2. The zero-order valence-corrected chi connectivity index (χ0v) is 12.0. The number of aliphatic imine (C=N–C) groups is 1. The number of pyridine rings is 1. The van der Waals surface area contributed by atoms with Crippen LogP contribution in [0.3, 0.4) is 0 Å². The van der Waals surface area contributed by atoms with E-state index in [2.05, 4.69) is 9.98 Å². The summed E-state index contributed by atoms with van der Waals surface area (Å²) < 4.78 is 6.26. The lowest BCUT2D eigenvalue weighted by Crippen LogP contribution is -2.04. The minimum Gasteiger partial charge on any atom is -0.407 e. The van der Waals surface area contributed by atoms with Crippen LogP contribution in [0.25, 0.3) is 17.1 Å². The van der Waals surface area contributed by atoms with E-state index in [4.69, 9.17) is 16.3 Å². The van der Waals surface area contributed by atoms with Crippen molar-refractivity contribution in [3.05, 3.63) is 34.7 Å². The van der Waals surface area contributed by atoms with Crippen molar-refractivity contribution < 1.29 is 14.3 Å². The zero-order valence-electron chi connectivity index (χ0n) is 11.3. The predicted molar refractivity (Wildman–Crippen MR) is 78.2 cm³/mol. The maximum Gasteiger partial charge on any atom is 0.363 e. The van der Waals surface area contributed by atoms with Crippen LogP contribution in [0.4, 0.5) is 0 Å². The van der Waals surface area contributed by atoms with Crippen LogP contribution >= 0.6 is 11.6 Å². The molecule has 0 saturated carbocycles. The van der Waals surface area contributed by atoms with Crippen molar-refractivity contribution in [3.8, 4) is 0 Å². The van der Waals surface area contributed by atoms with Crippen LogP contribution in [-0.2, 0) is 9.53 Å². The molecule has 2 aromatic heterocycles. The molecule has 0 aliphatic carbocycles. The number of carbonyl (C=O) groups is 2. The average molecular weight is 304 g/mol. The van der Waals surface area contributed by atoms with Crippen LogP contribution in [0.2, 0.25) is 5.02 Å². The molecule has 3 rings (SSSR count). The molecule has 0 amide bonds. The summed E-state index contributed by atoms with van der Waals surface area (Å²) >= 11 is 5.95. The highest BCUT2D eigenvalue weighted by molar-refractivity contribution is 6.31. The normalized spacial score (nSPS) is 16.4. The predicted octanol–water partition coefficient (Wildman–Crippen LogP) is 2.67. The molecule has 1 aliphatic rings. The Labute approximate surface area is 124 Å². The van der Waals surface area contributed by atoms with Crippen molar-refractivity contribution in [1.82, 2.24) is 9.55 Å². The van der Waals surface area contributed by atoms with Gasteiger partial charge in [0.2, 0.25) is 5.91 Å². The molecule has 7 heteroatoms. The van der Waals surface area contributed by atoms with E-state index in [1.54, 1.807) is 25.3 Å². The largest absolute Gasteiger partial charge is 0.407 e. The molecule has 0 unspecified atom stereocenters. The Balaban J connectivity index is 2.23. The molecular weight excluding hydrogens is 294 g/mol. The summed E-state index contributed by atoms with van der Waals surface area (Å²) in [6, 6.07) is 1.69. The smallest absolute Gasteiger partial charge is 0.363 e. The first-order chi connectivity index (χ1) is 9.95. The highest BCUT2D eigenvalue weighted by Crippen LogP contribution is 2.26. The van der Waals surface area contributed by atoms with Crippen molar-refractivity contribution in [2.45, 2.75) is 13.8 Å². The van der Waals surface area contributed by atoms with E-state index in [9.17, 15) is 9.59 Å². The van der Waals surface area contributed by atoms with E-state index < -0.39 is 5.97 Å². The minimum absolute atomic E-state index is 0.176. The van der Waals surface area contributed by atoms with Gasteiger partial charge in [0.15, 0.2) is 11.6 Å². The third-order valence-corrected chi connectivity index (χ3v) is 3.21. The molecule has 0 fully saturated rings. The van der Waals surface area contributed by atoms with Crippen LogP contribution in [0.5, 0.6) is 0 Å². The van der Waals surface area contributed by atoms with Gasteiger partial charge in [0, 0.05) is 37.2 Å². The summed E-state index contributed by atoms with van der Waals surface area (Å²) in [7, 11) is 0. The second-order valence-electron chi connectivity index (χ2n) is 4.55. The van der Waals surface area contributed by atoms with Crippen LogP contribution < -0.4 is 0 Å². The van der Waals surface area contributed by atoms with Gasteiger partial charge in [-0.2, -0.15) is 0 Å². The quantitative estimate of drug-likeness (QED) is 0.599. The molecule has 0 radical (unpaired) electrons. The van der Waals surface area contributed by atoms with Crippen LogP contribution in [0.15, 0.2) is 29.1 Å².